The normalized spacial score (nSPS) is 19.2. The predicted molar refractivity (Wildman–Crippen MR) is 133 cm³/mol. The zero-order chi connectivity index (χ0) is 22.5. The minimum Gasteiger partial charge on any atom is -0.362 e. The Bertz CT molecular complexity index is 1030. The van der Waals surface area contributed by atoms with Crippen LogP contribution in [-0.4, -0.2) is 30.1 Å². The molecule has 1 saturated heterocycles. The third-order valence-electron chi connectivity index (χ3n) is 6.57. The van der Waals surface area contributed by atoms with Gasteiger partial charge in [0.2, 0.25) is 0 Å². The van der Waals surface area contributed by atoms with Gasteiger partial charge in [-0.05, 0) is 54.7 Å². The number of hydrogen-bond acceptors (Lipinski definition) is 3. The van der Waals surface area contributed by atoms with Crippen LogP contribution in [0.15, 0.2) is 78.9 Å². The maximum atomic E-state index is 9.25. The largest absolute Gasteiger partial charge is 0.362 e. The first kappa shape index (κ1) is 22.1. The molecule has 4 rings (SSSR count). The van der Waals surface area contributed by atoms with Crippen LogP contribution in [0.5, 0.6) is 0 Å². The lowest BCUT2D eigenvalue weighted by molar-refractivity contribution is 0.160. The second-order valence-corrected chi connectivity index (χ2v) is 9.40. The van der Waals surface area contributed by atoms with Gasteiger partial charge in [-0.25, -0.2) is 0 Å². The number of nitriles is 1. The first-order valence-electron chi connectivity index (χ1n) is 11.6. The molecule has 32 heavy (non-hydrogen) atoms. The number of aryl methyl sites for hydroxylation is 1. The van der Waals surface area contributed by atoms with Crippen LogP contribution in [0.3, 0.4) is 0 Å². The Hall–Kier alpha value is -3.09. The monoisotopic (exact) mass is 423 g/mol. The highest BCUT2D eigenvalue weighted by Gasteiger charge is 2.36. The molecule has 0 aliphatic carbocycles. The molecular formula is C29H33N3. The second kappa shape index (κ2) is 10.0. The zero-order valence-electron chi connectivity index (χ0n) is 19.4. The van der Waals surface area contributed by atoms with E-state index in [0.29, 0.717) is 23.6 Å². The van der Waals surface area contributed by atoms with Gasteiger partial charge in [0.05, 0.1) is 11.6 Å². The van der Waals surface area contributed by atoms with Crippen molar-refractivity contribution < 1.29 is 0 Å². The van der Waals surface area contributed by atoms with Gasteiger partial charge < -0.3 is 4.90 Å². The van der Waals surface area contributed by atoms with Crippen molar-refractivity contribution in [3.63, 3.8) is 0 Å². The van der Waals surface area contributed by atoms with Gasteiger partial charge in [0.1, 0.15) is 0 Å². The lowest BCUT2D eigenvalue weighted by Gasteiger charge is -2.50. The van der Waals surface area contributed by atoms with E-state index in [2.05, 4.69) is 103 Å². The number of hydrogen-bond donors (Lipinski definition) is 0. The summed E-state index contributed by atoms with van der Waals surface area (Å²) in [4.78, 5) is 5.26. The zero-order valence-corrected chi connectivity index (χ0v) is 19.4. The summed E-state index contributed by atoms with van der Waals surface area (Å²) in [6.07, 6.45) is 1.01. The molecule has 0 bridgehead atoms. The average Bonchev–Trinajstić information content (AvgIpc) is 2.81. The maximum absolute atomic E-state index is 9.25. The third-order valence-corrected chi connectivity index (χ3v) is 6.57. The van der Waals surface area contributed by atoms with Gasteiger partial charge in [-0.3, -0.25) is 4.90 Å². The van der Waals surface area contributed by atoms with Crippen LogP contribution in [0.4, 0.5) is 5.69 Å². The Labute approximate surface area is 192 Å². The SMILES string of the molecule is Cc1ccc(C[C@@H]2CN(Cc3ccccc3)C[C@H](C(C)C)N2c2ccc(C#N)cc2)cc1. The molecule has 0 amide bonds. The summed E-state index contributed by atoms with van der Waals surface area (Å²) in [6, 6.07) is 31.0. The number of piperazine rings is 1. The molecule has 3 heteroatoms. The molecular weight excluding hydrogens is 390 g/mol. The van der Waals surface area contributed by atoms with Crippen molar-refractivity contribution in [3.8, 4) is 6.07 Å². The number of nitrogens with zero attached hydrogens (tertiary/aromatic N) is 3. The molecule has 1 heterocycles. The van der Waals surface area contributed by atoms with Crippen LogP contribution in [0.2, 0.25) is 0 Å². The van der Waals surface area contributed by atoms with E-state index in [-0.39, 0.29) is 0 Å². The molecule has 3 nitrogen and oxygen atoms in total. The number of benzene rings is 3. The van der Waals surface area contributed by atoms with E-state index in [1.165, 1.54) is 22.4 Å². The summed E-state index contributed by atoms with van der Waals surface area (Å²) in [5, 5.41) is 9.25. The Morgan fingerprint density at radius 3 is 2.19 bits per heavy atom. The van der Waals surface area contributed by atoms with Crippen molar-refractivity contribution in [1.29, 1.82) is 5.26 Å². The first-order chi connectivity index (χ1) is 15.5. The van der Waals surface area contributed by atoms with Gasteiger partial charge >= 0.3 is 0 Å². The van der Waals surface area contributed by atoms with Gasteiger partial charge in [-0.2, -0.15) is 5.26 Å². The molecule has 0 N–H and O–H groups in total. The van der Waals surface area contributed by atoms with Crippen molar-refractivity contribution in [2.75, 3.05) is 18.0 Å². The fraction of sp³-hybridized carbons (Fsp3) is 0.345. The van der Waals surface area contributed by atoms with Crippen molar-refractivity contribution in [2.45, 2.75) is 45.8 Å². The summed E-state index contributed by atoms with van der Waals surface area (Å²) in [5.74, 6) is 0.518. The highest BCUT2D eigenvalue weighted by atomic mass is 15.3. The van der Waals surface area contributed by atoms with Crippen LogP contribution < -0.4 is 4.90 Å². The molecule has 0 spiro atoms. The van der Waals surface area contributed by atoms with Crippen LogP contribution >= 0.6 is 0 Å². The van der Waals surface area contributed by atoms with E-state index in [1.54, 1.807) is 0 Å². The summed E-state index contributed by atoms with van der Waals surface area (Å²) >= 11 is 0. The molecule has 1 aliphatic rings. The number of anilines is 1. The van der Waals surface area contributed by atoms with Gasteiger partial charge in [0.25, 0.3) is 0 Å². The van der Waals surface area contributed by atoms with Gasteiger partial charge in [-0.1, -0.05) is 74.0 Å². The van der Waals surface area contributed by atoms with Crippen molar-refractivity contribution in [1.82, 2.24) is 4.90 Å². The molecule has 1 fully saturated rings. The Balaban J connectivity index is 1.66. The molecule has 0 aromatic heterocycles. The highest BCUT2D eigenvalue weighted by Crippen LogP contribution is 2.31. The third kappa shape index (κ3) is 5.21. The van der Waals surface area contributed by atoms with E-state index >= 15 is 0 Å². The smallest absolute Gasteiger partial charge is 0.0991 e. The van der Waals surface area contributed by atoms with Crippen molar-refractivity contribution in [3.05, 3.63) is 101 Å². The summed E-state index contributed by atoms with van der Waals surface area (Å²) in [6.45, 7) is 9.84. The topological polar surface area (TPSA) is 30.3 Å². The Morgan fingerprint density at radius 2 is 1.56 bits per heavy atom. The van der Waals surface area contributed by atoms with Crippen molar-refractivity contribution in [2.24, 2.45) is 5.92 Å². The standard InChI is InChI=1S/C29H33N3/c1-22(2)29-21-31(19-26-7-5-4-6-8-26)20-28(17-24-11-9-23(3)10-12-24)32(29)27-15-13-25(18-30)14-16-27/h4-16,22,28-29H,17,19-21H2,1-3H3/t28-,29-/m1/s1. The van der Waals surface area contributed by atoms with Crippen LogP contribution in [-0.2, 0) is 13.0 Å². The van der Waals surface area contributed by atoms with E-state index < -0.39 is 0 Å². The Kier molecular flexibility index (Phi) is 6.93. The lowest BCUT2D eigenvalue weighted by Crippen LogP contribution is -2.61. The van der Waals surface area contributed by atoms with Crippen LogP contribution in [0.25, 0.3) is 0 Å². The fourth-order valence-electron chi connectivity index (χ4n) is 4.86. The molecule has 0 unspecified atom stereocenters. The predicted octanol–water partition coefficient (Wildman–Crippen LogP) is 5.82. The second-order valence-electron chi connectivity index (χ2n) is 9.40. The quantitative estimate of drug-likeness (QED) is 0.500. The molecule has 3 aromatic carbocycles. The summed E-state index contributed by atoms with van der Waals surface area (Å²) in [7, 11) is 0. The average molecular weight is 424 g/mol. The minimum absolute atomic E-state index is 0.371. The summed E-state index contributed by atoms with van der Waals surface area (Å²) < 4.78 is 0. The maximum Gasteiger partial charge on any atom is 0.0991 e. The highest BCUT2D eigenvalue weighted by molar-refractivity contribution is 5.52. The van der Waals surface area contributed by atoms with Crippen LogP contribution in [0.1, 0.15) is 36.1 Å². The van der Waals surface area contributed by atoms with Crippen LogP contribution in [0, 0.1) is 24.2 Å². The van der Waals surface area contributed by atoms with Crippen molar-refractivity contribution >= 4 is 5.69 Å². The fourth-order valence-corrected chi connectivity index (χ4v) is 4.86. The molecule has 164 valence electrons. The molecule has 1 aliphatic heterocycles. The lowest BCUT2D eigenvalue weighted by atomic mass is 9.91. The van der Waals surface area contributed by atoms with E-state index in [9.17, 15) is 5.26 Å². The summed E-state index contributed by atoms with van der Waals surface area (Å²) in [5.41, 5.74) is 5.98. The Morgan fingerprint density at radius 1 is 0.875 bits per heavy atom. The van der Waals surface area contributed by atoms with E-state index in [4.69, 9.17) is 0 Å². The molecule has 3 aromatic rings. The van der Waals surface area contributed by atoms with Gasteiger partial charge in [-0.15, -0.1) is 0 Å². The first-order valence-corrected chi connectivity index (χ1v) is 11.6. The van der Waals surface area contributed by atoms with E-state index in [1.807, 2.05) is 12.1 Å². The van der Waals surface area contributed by atoms with Gasteiger partial charge in [0, 0.05) is 37.4 Å². The van der Waals surface area contributed by atoms with Gasteiger partial charge in [0.15, 0.2) is 0 Å². The molecule has 2 atom stereocenters. The minimum atomic E-state index is 0.371. The van der Waals surface area contributed by atoms with E-state index in [0.717, 1.165) is 26.1 Å². The number of rotatable bonds is 6. The molecule has 0 saturated carbocycles. The molecule has 0 radical (unpaired) electrons.